The summed E-state index contributed by atoms with van der Waals surface area (Å²) in [6.45, 7) is 1.57. The number of esters is 2. The first-order chi connectivity index (χ1) is 7.68. The summed E-state index contributed by atoms with van der Waals surface area (Å²) in [7, 11) is 0. The Balaban J connectivity index is 2.03. The summed E-state index contributed by atoms with van der Waals surface area (Å²) < 4.78 is 9.90. The van der Waals surface area contributed by atoms with E-state index in [1.54, 1.807) is 12.1 Å². The predicted molar refractivity (Wildman–Crippen MR) is 55.5 cm³/mol. The molecule has 0 atom stereocenters. The van der Waals surface area contributed by atoms with Gasteiger partial charge in [0.1, 0.15) is 0 Å². The van der Waals surface area contributed by atoms with E-state index in [0.717, 1.165) is 5.56 Å². The van der Waals surface area contributed by atoms with Crippen LogP contribution in [0.4, 0.5) is 0 Å². The molecule has 1 aliphatic rings. The molecule has 83 valence electrons. The molecule has 0 fully saturated rings. The quantitative estimate of drug-likeness (QED) is 0.726. The highest BCUT2D eigenvalue weighted by Crippen LogP contribution is 2.31. The summed E-state index contributed by atoms with van der Waals surface area (Å²) in [5, 5.41) is 0. The highest BCUT2D eigenvalue weighted by molar-refractivity contribution is 5.95. The molecule has 0 spiro atoms. The van der Waals surface area contributed by atoms with E-state index < -0.39 is 0 Å². The average Bonchev–Trinajstić information content (AvgIpc) is 2.57. The molecule has 16 heavy (non-hydrogen) atoms. The van der Waals surface area contributed by atoms with Crippen molar-refractivity contribution in [1.29, 1.82) is 0 Å². The molecule has 1 radical (unpaired) electrons. The number of cyclic esters (lactones) is 1. The van der Waals surface area contributed by atoms with Gasteiger partial charge in [-0.3, -0.25) is 4.79 Å². The molecule has 2 rings (SSSR count). The van der Waals surface area contributed by atoms with E-state index in [2.05, 4.69) is 0 Å². The van der Waals surface area contributed by atoms with Gasteiger partial charge in [0.15, 0.2) is 6.10 Å². The molecule has 0 amide bonds. The molecule has 0 saturated carbocycles. The number of rotatable bonds is 3. The lowest BCUT2D eigenvalue weighted by Crippen LogP contribution is -2.07. The maximum Gasteiger partial charge on any atom is 0.339 e. The molecule has 1 aromatic rings. The molecular weight excluding hydrogens is 208 g/mol. The first kappa shape index (κ1) is 10.7. The van der Waals surface area contributed by atoms with Gasteiger partial charge >= 0.3 is 11.9 Å². The van der Waals surface area contributed by atoms with Crippen molar-refractivity contribution in [1.82, 2.24) is 0 Å². The van der Waals surface area contributed by atoms with E-state index in [-0.39, 0.29) is 18.5 Å². The Hall–Kier alpha value is -1.84. The first-order valence-corrected chi connectivity index (χ1v) is 4.99. The fourth-order valence-corrected chi connectivity index (χ4v) is 1.60. The lowest BCUT2D eigenvalue weighted by Gasteiger charge is -2.08. The number of benzene rings is 1. The van der Waals surface area contributed by atoms with Crippen LogP contribution in [0, 0.1) is 6.10 Å². The topological polar surface area (TPSA) is 52.6 Å². The number of carbonyl (C=O) groups is 2. The minimum absolute atomic E-state index is 0.228. The number of hydrogen-bond donors (Lipinski definition) is 0. The summed E-state index contributed by atoms with van der Waals surface area (Å²) in [6, 6.07) is 7.17. The maximum absolute atomic E-state index is 11.4. The Bertz CT molecular complexity index is 425. The van der Waals surface area contributed by atoms with Gasteiger partial charge in [-0.05, 0) is 6.07 Å². The van der Waals surface area contributed by atoms with Crippen LogP contribution in [0.1, 0.15) is 29.3 Å². The van der Waals surface area contributed by atoms with E-state index in [1.807, 2.05) is 12.1 Å². The van der Waals surface area contributed by atoms with Gasteiger partial charge in [0, 0.05) is 18.9 Å². The van der Waals surface area contributed by atoms with Crippen LogP contribution in [0.5, 0.6) is 0 Å². The zero-order valence-corrected chi connectivity index (χ0v) is 8.86. The molecule has 0 bridgehead atoms. The van der Waals surface area contributed by atoms with Crippen LogP contribution in [-0.2, 0) is 14.3 Å². The van der Waals surface area contributed by atoms with E-state index >= 15 is 0 Å². The molecule has 1 heterocycles. The first-order valence-electron chi connectivity index (χ1n) is 4.99. The van der Waals surface area contributed by atoms with Crippen LogP contribution in [0.2, 0.25) is 0 Å². The highest BCUT2D eigenvalue weighted by Gasteiger charge is 2.31. The molecule has 4 heteroatoms. The van der Waals surface area contributed by atoms with Gasteiger partial charge in [0.25, 0.3) is 0 Å². The number of ether oxygens (including phenoxy) is 2. The Morgan fingerprint density at radius 3 is 2.69 bits per heavy atom. The molecule has 0 N–H and O–H groups in total. The minimum atomic E-state index is -0.339. The van der Waals surface area contributed by atoms with Gasteiger partial charge in [-0.1, -0.05) is 18.2 Å². The summed E-state index contributed by atoms with van der Waals surface area (Å²) in [5.74, 6) is -0.674. The van der Waals surface area contributed by atoms with Gasteiger partial charge in [0.05, 0.1) is 12.2 Å². The lowest BCUT2D eigenvalue weighted by molar-refractivity contribution is -0.141. The van der Waals surface area contributed by atoms with Crippen molar-refractivity contribution in [2.45, 2.75) is 13.3 Å². The smallest absolute Gasteiger partial charge is 0.339 e. The van der Waals surface area contributed by atoms with Gasteiger partial charge in [-0.25, -0.2) is 4.79 Å². The van der Waals surface area contributed by atoms with Crippen molar-refractivity contribution in [3.63, 3.8) is 0 Å². The van der Waals surface area contributed by atoms with E-state index in [0.29, 0.717) is 18.1 Å². The Morgan fingerprint density at radius 2 is 2.00 bits per heavy atom. The van der Waals surface area contributed by atoms with Crippen LogP contribution in [-0.4, -0.2) is 18.5 Å². The molecule has 0 aromatic heterocycles. The monoisotopic (exact) mass is 219 g/mol. The van der Waals surface area contributed by atoms with Gasteiger partial charge < -0.3 is 9.47 Å². The third-order valence-corrected chi connectivity index (χ3v) is 2.30. The summed E-state index contributed by atoms with van der Waals surface area (Å²) >= 11 is 0. The fourth-order valence-electron chi connectivity index (χ4n) is 1.60. The summed E-state index contributed by atoms with van der Waals surface area (Å²) in [5.41, 5.74) is 1.36. The summed E-state index contributed by atoms with van der Waals surface area (Å²) in [6.07, 6.45) is 0.990. The average molecular weight is 219 g/mol. The van der Waals surface area contributed by atoms with Crippen molar-refractivity contribution in [3.8, 4) is 0 Å². The van der Waals surface area contributed by atoms with Crippen LogP contribution < -0.4 is 0 Å². The highest BCUT2D eigenvalue weighted by atomic mass is 16.6. The Kier molecular flexibility index (Phi) is 2.90. The normalized spacial score (nSPS) is 14.4. The van der Waals surface area contributed by atoms with E-state index in [1.165, 1.54) is 6.92 Å². The van der Waals surface area contributed by atoms with Crippen molar-refractivity contribution in [2.75, 3.05) is 6.61 Å². The molecule has 4 nitrogen and oxygen atoms in total. The number of fused-ring (bicyclic) bond motifs is 1. The van der Waals surface area contributed by atoms with E-state index in [4.69, 9.17) is 9.47 Å². The number of hydrogen-bond acceptors (Lipinski definition) is 4. The van der Waals surface area contributed by atoms with Gasteiger partial charge in [-0.2, -0.15) is 0 Å². The molecule has 0 aliphatic carbocycles. The Morgan fingerprint density at radius 1 is 1.31 bits per heavy atom. The van der Waals surface area contributed by atoms with Gasteiger partial charge in [-0.15, -0.1) is 0 Å². The second-order valence-electron chi connectivity index (χ2n) is 3.45. The fraction of sp³-hybridized carbons (Fsp3) is 0.250. The molecule has 0 unspecified atom stereocenters. The third kappa shape index (κ3) is 2.05. The summed E-state index contributed by atoms with van der Waals surface area (Å²) in [4.78, 5) is 22.0. The molecule has 0 saturated heterocycles. The minimum Gasteiger partial charge on any atom is -0.466 e. The van der Waals surface area contributed by atoms with Gasteiger partial charge in [0.2, 0.25) is 0 Å². The maximum atomic E-state index is 11.4. The third-order valence-electron chi connectivity index (χ3n) is 2.30. The second kappa shape index (κ2) is 4.35. The van der Waals surface area contributed by atoms with E-state index in [9.17, 15) is 9.59 Å². The van der Waals surface area contributed by atoms with Crippen LogP contribution in [0.15, 0.2) is 24.3 Å². The Labute approximate surface area is 93.2 Å². The van der Waals surface area contributed by atoms with Crippen molar-refractivity contribution in [3.05, 3.63) is 41.5 Å². The standard InChI is InChI=1S/C12H11O4/c1-8(13)15-7-6-11-9-4-2-3-5-10(9)12(14)16-11/h2-5H,6-7H2,1H3. The zero-order chi connectivity index (χ0) is 11.5. The molecule has 1 aliphatic heterocycles. The SMILES string of the molecule is CC(=O)OCC[C]1OC(=O)c2ccccc21. The van der Waals surface area contributed by atoms with Crippen molar-refractivity contribution < 1.29 is 19.1 Å². The largest absolute Gasteiger partial charge is 0.466 e. The van der Waals surface area contributed by atoms with Crippen LogP contribution in [0.3, 0.4) is 0 Å². The number of carbonyl (C=O) groups excluding carboxylic acids is 2. The lowest BCUT2D eigenvalue weighted by atomic mass is 10.0. The molecule has 1 aromatic carbocycles. The second-order valence-corrected chi connectivity index (χ2v) is 3.45. The zero-order valence-electron chi connectivity index (χ0n) is 8.86. The predicted octanol–water partition coefficient (Wildman–Crippen LogP) is 1.69. The van der Waals surface area contributed by atoms with Crippen LogP contribution in [0.25, 0.3) is 0 Å². The van der Waals surface area contributed by atoms with Crippen molar-refractivity contribution in [2.24, 2.45) is 0 Å². The van der Waals surface area contributed by atoms with Crippen LogP contribution >= 0.6 is 0 Å². The molecular formula is C12H11O4. The van der Waals surface area contributed by atoms with Crippen molar-refractivity contribution >= 4 is 11.9 Å².